The lowest BCUT2D eigenvalue weighted by Crippen LogP contribution is -2.25. The highest BCUT2D eigenvalue weighted by Crippen LogP contribution is 2.30. The maximum atomic E-state index is 12.3. The van der Waals surface area contributed by atoms with Crippen LogP contribution in [0.5, 0.6) is 0 Å². The van der Waals surface area contributed by atoms with Crippen molar-refractivity contribution in [3.8, 4) is 11.4 Å². The summed E-state index contributed by atoms with van der Waals surface area (Å²) in [6, 6.07) is 9.19. The molecule has 0 atom stereocenters. The Morgan fingerprint density at radius 2 is 2.04 bits per heavy atom. The first kappa shape index (κ1) is 17.8. The minimum absolute atomic E-state index is 0.0289. The van der Waals surface area contributed by atoms with Crippen molar-refractivity contribution in [2.75, 3.05) is 16.8 Å². The molecule has 2 amide bonds. The molecule has 1 N–H and O–H groups in total. The number of aromatic nitrogens is 3. The molecule has 1 aromatic carbocycles. The molecule has 0 aliphatic carbocycles. The summed E-state index contributed by atoms with van der Waals surface area (Å²) in [7, 11) is 0. The van der Waals surface area contributed by atoms with Crippen LogP contribution in [0.3, 0.4) is 0 Å². The minimum Gasteiger partial charge on any atom is -0.339 e. The van der Waals surface area contributed by atoms with Gasteiger partial charge in [0.05, 0.1) is 0 Å². The van der Waals surface area contributed by atoms with Crippen molar-refractivity contribution in [1.82, 2.24) is 15.1 Å². The Kier molecular flexibility index (Phi) is 4.84. The zero-order chi connectivity index (χ0) is 19.5. The van der Waals surface area contributed by atoms with Crippen molar-refractivity contribution >= 4 is 23.2 Å². The second kappa shape index (κ2) is 7.59. The lowest BCUT2D eigenvalue weighted by Gasteiger charge is -2.15. The van der Waals surface area contributed by atoms with E-state index in [4.69, 9.17) is 4.52 Å². The van der Waals surface area contributed by atoms with E-state index in [2.05, 4.69) is 20.4 Å². The maximum Gasteiger partial charge on any atom is 0.227 e. The molecule has 0 saturated heterocycles. The SMILES string of the molecule is CC(=O)N1CCc2cc(NC(=O)CCc3nc(-c4ccncc4)no3)ccc21. The van der Waals surface area contributed by atoms with E-state index in [1.807, 2.05) is 18.2 Å². The topological polar surface area (TPSA) is 101 Å². The fourth-order valence-corrected chi connectivity index (χ4v) is 3.23. The molecule has 8 heteroatoms. The van der Waals surface area contributed by atoms with Gasteiger partial charge in [0.2, 0.25) is 23.5 Å². The number of hydrogen-bond acceptors (Lipinski definition) is 6. The quantitative estimate of drug-likeness (QED) is 0.733. The van der Waals surface area contributed by atoms with Gasteiger partial charge in [0, 0.05) is 55.6 Å². The first-order valence-corrected chi connectivity index (χ1v) is 9.04. The fraction of sp³-hybridized carbons (Fsp3) is 0.250. The van der Waals surface area contributed by atoms with Gasteiger partial charge in [-0.05, 0) is 42.3 Å². The van der Waals surface area contributed by atoms with Gasteiger partial charge in [-0.3, -0.25) is 14.6 Å². The average Bonchev–Trinajstić information content (AvgIpc) is 3.34. The number of carbonyl (C=O) groups excluding carboxylic acids is 2. The molecule has 1 aliphatic rings. The molecule has 0 saturated carbocycles. The van der Waals surface area contributed by atoms with E-state index in [0.717, 1.165) is 28.9 Å². The van der Waals surface area contributed by atoms with Crippen molar-refractivity contribution < 1.29 is 14.1 Å². The molecule has 8 nitrogen and oxygen atoms in total. The highest BCUT2D eigenvalue weighted by molar-refractivity contribution is 5.95. The van der Waals surface area contributed by atoms with Crippen molar-refractivity contribution in [2.45, 2.75) is 26.2 Å². The number of aryl methyl sites for hydroxylation is 1. The normalized spacial score (nSPS) is 12.7. The number of carbonyl (C=O) groups is 2. The lowest BCUT2D eigenvalue weighted by molar-refractivity contribution is -0.117. The van der Waals surface area contributed by atoms with Crippen LogP contribution >= 0.6 is 0 Å². The van der Waals surface area contributed by atoms with Crippen molar-refractivity contribution in [3.63, 3.8) is 0 Å². The maximum absolute atomic E-state index is 12.3. The number of rotatable bonds is 5. The van der Waals surface area contributed by atoms with E-state index in [9.17, 15) is 9.59 Å². The molecule has 3 heterocycles. The van der Waals surface area contributed by atoms with Crippen LogP contribution in [-0.4, -0.2) is 33.5 Å². The van der Waals surface area contributed by atoms with Gasteiger partial charge >= 0.3 is 0 Å². The van der Waals surface area contributed by atoms with Gasteiger partial charge in [-0.25, -0.2) is 0 Å². The van der Waals surface area contributed by atoms with Crippen molar-refractivity contribution in [3.05, 3.63) is 54.2 Å². The molecule has 0 fully saturated rings. The van der Waals surface area contributed by atoms with Crippen LogP contribution in [-0.2, 0) is 22.4 Å². The van der Waals surface area contributed by atoms with E-state index in [-0.39, 0.29) is 18.2 Å². The van der Waals surface area contributed by atoms with Crippen molar-refractivity contribution in [2.24, 2.45) is 0 Å². The first-order valence-electron chi connectivity index (χ1n) is 9.04. The molecule has 1 aliphatic heterocycles. The van der Waals surface area contributed by atoms with Gasteiger partial charge < -0.3 is 14.7 Å². The standard InChI is InChI=1S/C20H19N5O3/c1-13(26)25-11-8-15-12-16(2-3-17(15)25)22-18(27)4-5-19-23-20(24-28-19)14-6-9-21-10-7-14/h2-3,6-7,9-10,12H,4-5,8,11H2,1H3,(H,22,27). The summed E-state index contributed by atoms with van der Waals surface area (Å²) in [6.45, 7) is 2.24. The Bertz CT molecular complexity index is 1020. The van der Waals surface area contributed by atoms with Gasteiger partial charge in [-0.1, -0.05) is 5.16 Å². The second-order valence-electron chi connectivity index (χ2n) is 6.56. The van der Waals surface area contributed by atoms with E-state index >= 15 is 0 Å². The monoisotopic (exact) mass is 377 g/mol. The number of hydrogen-bond donors (Lipinski definition) is 1. The Hall–Kier alpha value is -3.55. The van der Waals surface area contributed by atoms with Gasteiger partial charge in [0.1, 0.15) is 0 Å². The zero-order valence-electron chi connectivity index (χ0n) is 15.4. The molecule has 4 rings (SSSR count). The Balaban J connectivity index is 1.34. The molecule has 28 heavy (non-hydrogen) atoms. The van der Waals surface area contributed by atoms with E-state index < -0.39 is 0 Å². The molecule has 0 spiro atoms. The summed E-state index contributed by atoms with van der Waals surface area (Å²) in [5.41, 5.74) is 3.51. The number of pyridine rings is 1. The molecular weight excluding hydrogens is 358 g/mol. The van der Waals surface area contributed by atoms with E-state index in [1.54, 1.807) is 36.4 Å². The summed E-state index contributed by atoms with van der Waals surface area (Å²) in [4.78, 5) is 33.9. The Labute approximate surface area is 161 Å². The van der Waals surface area contributed by atoms with E-state index in [1.165, 1.54) is 0 Å². The number of benzene rings is 1. The van der Waals surface area contributed by atoms with Crippen LogP contribution in [0.15, 0.2) is 47.2 Å². The van der Waals surface area contributed by atoms with Gasteiger partial charge in [-0.15, -0.1) is 0 Å². The largest absolute Gasteiger partial charge is 0.339 e. The summed E-state index contributed by atoms with van der Waals surface area (Å²) in [5, 5.41) is 6.82. The summed E-state index contributed by atoms with van der Waals surface area (Å²) >= 11 is 0. The molecule has 2 aromatic heterocycles. The van der Waals surface area contributed by atoms with Crippen LogP contribution in [0.1, 0.15) is 24.8 Å². The first-order chi connectivity index (χ1) is 13.6. The molecule has 0 bridgehead atoms. The highest BCUT2D eigenvalue weighted by atomic mass is 16.5. The number of anilines is 2. The van der Waals surface area contributed by atoms with Crippen LogP contribution in [0.4, 0.5) is 11.4 Å². The Morgan fingerprint density at radius 1 is 1.21 bits per heavy atom. The lowest BCUT2D eigenvalue weighted by atomic mass is 10.1. The summed E-state index contributed by atoms with van der Waals surface area (Å²) < 4.78 is 5.22. The number of nitrogens with zero attached hydrogens (tertiary/aromatic N) is 4. The fourth-order valence-electron chi connectivity index (χ4n) is 3.23. The van der Waals surface area contributed by atoms with Crippen LogP contribution in [0.25, 0.3) is 11.4 Å². The zero-order valence-corrected chi connectivity index (χ0v) is 15.4. The highest BCUT2D eigenvalue weighted by Gasteiger charge is 2.22. The van der Waals surface area contributed by atoms with Crippen LogP contribution < -0.4 is 10.2 Å². The number of fused-ring (bicyclic) bond motifs is 1. The van der Waals surface area contributed by atoms with E-state index in [0.29, 0.717) is 24.7 Å². The average molecular weight is 377 g/mol. The summed E-state index contributed by atoms with van der Waals surface area (Å²) in [6.07, 6.45) is 4.69. The third kappa shape index (κ3) is 3.75. The van der Waals surface area contributed by atoms with Crippen molar-refractivity contribution in [1.29, 1.82) is 0 Å². The molecule has 0 unspecified atom stereocenters. The van der Waals surface area contributed by atoms with Crippen LogP contribution in [0.2, 0.25) is 0 Å². The second-order valence-corrected chi connectivity index (χ2v) is 6.56. The Morgan fingerprint density at radius 3 is 2.82 bits per heavy atom. The number of amides is 2. The minimum atomic E-state index is -0.134. The predicted molar refractivity (Wildman–Crippen MR) is 103 cm³/mol. The molecule has 142 valence electrons. The summed E-state index contributed by atoms with van der Waals surface area (Å²) in [5.74, 6) is 0.783. The predicted octanol–water partition coefficient (Wildman–Crippen LogP) is 2.61. The molecule has 0 radical (unpaired) electrons. The van der Waals surface area contributed by atoms with Gasteiger partial charge in [0.15, 0.2) is 0 Å². The third-order valence-corrected chi connectivity index (χ3v) is 4.61. The molecule has 3 aromatic rings. The van der Waals surface area contributed by atoms with Crippen LogP contribution in [0, 0.1) is 0 Å². The third-order valence-electron chi connectivity index (χ3n) is 4.61. The van der Waals surface area contributed by atoms with Gasteiger partial charge in [-0.2, -0.15) is 4.98 Å². The number of nitrogens with one attached hydrogen (secondary N) is 1. The molecular formula is C20H19N5O3. The van der Waals surface area contributed by atoms with Gasteiger partial charge in [0.25, 0.3) is 0 Å². The smallest absolute Gasteiger partial charge is 0.227 e.